The van der Waals surface area contributed by atoms with E-state index in [0.29, 0.717) is 31.6 Å². The van der Waals surface area contributed by atoms with Crippen LogP contribution in [0.4, 0.5) is 0 Å². The van der Waals surface area contributed by atoms with Gasteiger partial charge in [-0.05, 0) is 62.0 Å². The summed E-state index contributed by atoms with van der Waals surface area (Å²) in [7, 11) is 1.74. The number of methoxy groups -OCH3 is 1. The second-order valence-corrected chi connectivity index (χ2v) is 17.5. The molecule has 0 aromatic heterocycles. The normalized spacial score (nSPS) is 55.1. The van der Waals surface area contributed by atoms with E-state index in [0.717, 1.165) is 75.5 Å². The molecule has 11 fully saturated rings. The molecule has 12 bridgehead atoms. The van der Waals surface area contributed by atoms with E-state index in [1.165, 1.54) is 0 Å². The van der Waals surface area contributed by atoms with Gasteiger partial charge in [-0.1, -0.05) is 20.1 Å². The van der Waals surface area contributed by atoms with Crippen molar-refractivity contribution in [2.24, 2.45) is 11.8 Å². The number of hydrogen-bond donors (Lipinski definition) is 0. The van der Waals surface area contributed by atoms with Gasteiger partial charge in [0.05, 0.1) is 73.8 Å². The average molecular weight is 713 g/mol. The van der Waals surface area contributed by atoms with Crippen molar-refractivity contribution >= 4 is 5.78 Å². The summed E-state index contributed by atoms with van der Waals surface area (Å²) >= 11 is 0. The van der Waals surface area contributed by atoms with Crippen molar-refractivity contribution in [3.63, 3.8) is 0 Å². The maximum atomic E-state index is 14.1. The van der Waals surface area contributed by atoms with Crippen molar-refractivity contribution in [2.75, 3.05) is 13.7 Å². The number of Topliss-reactive ketones (excluding diaryl/α,β-unsaturated/α-hetero) is 1. The SMILES string of the molecule is C=C1C[C@@H]2CC[C@@]34C[C@H]5O[C@H]6[C@@H](O3)[C@H]3O[C@H](CC[C@@H]3O[C@H]6[C@H]5O4)CC(=O)C[C@@H]3[C@@H](OC)[C@@H](C[C@H]4CO4)O[C@H]3C[C@H]3O[C@@H](CC[C@@H]1O2)C[C@@H](C)C3=C. The Kier molecular flexibility index (Phi) is 8.87. The predicted octanol–water partition coefficient (Wildman–Crippen LogP) is 4.52. The predicted molar refractivity (Wildman–Crippen MR) is 181 cm³/mol. The van der Waals surface area contributed by atoms with Gasteiger partial charge in [0.15, 0.2) is 5.79 Å². The maximum absolute atomic E-state index is 14.1. The summed E-state index contributed by atoms with van der Waals surface area (Å²) in [5.74, 6) is -0.359. The highest BCUT2D eigenvalue weighted by atomic mass is 16.8. The molecule has 11 heterocycles. The molecule has 11 rings (SSSR count). The van der Waals surface area contributed by atoms with E-state index in [4.69, 9.17) is 47.4 Å². The third kappa shape index (κ3) is 6.23. The van der Waals surface area contributed by atoms with Crippen LogP contribution in [0.3, 0.4) is 0 Å². The fourth-order valence-corrected chi connectivity index (χ4v) is 11.4. The molecule has 19 atom stereocenters. The molecule has 11 aliphatic heterocycles. The summed E-state index contributed by atoms with van der Waals surface area (Å²) < 4.78 is 65.9. The summed E-state index contributed by atoms with van der Waals surface area (Å²) in [5.41, 5.74) is 2.28. The number of rotatable bonds is 3. The molecule has 0 saturated carbocycles. The average Bonchev–Trinajstić information content (AvgIpc) is 3.56. The van der Waals surface area contributed by atoms with E-state index in [1.54, 1.807) is 7.11 Å². The summed E-state index contributed by atoms with van der Waals surface area (Å²) in [6.45, 7) is 12.0. The second-order valence-electron chi connectivity index (χ2n) is 17.5. The fraction of sp³-hybridized carbons (Fsp3) is 0.875. The van der Waals surface area contributed by atoms with E-state index in [2.05, 4.69) is 20.1 Å². The van der Waals surface area contributed by atoms with Crippen LogP contribution in [0.1, 0.15) is 90.4 Å². The first-order valence-corrected chi connectivity index (χ1v) is 20.0. The van der Waals surface area contributed by atoms with E-state index >= 15 is 0 Å². The number of hydrogen-bond acceptors (Lipinski definition) is 11. The zero-order valence-corrected chi connectivity index (χ0v) is 30.2. The van der Waals surface area contributed by atoms with Gasteiger partial charge in [0.2, 0.25) is 0 Å². The first-order valence-electron chi connectivity index (χ1n) is 20.0. The molecule has 0 aliphatic carbocycles. The third-order valence-corrected chi connectivity index (χ3v) is 14.1. The van der Waals surface area contributed by atoms with Crippen LogP contribution in [-0.4, -0.2) is 123 Å². The number of epoxide rings is 1. The quantitative estimate of drug-likeness (QED) is 0.304. The first kappa shape index (κ1) is 34.3. The van der Waals surface area contributed by atoms with Gasteiger partial charge in [-0.2, -0.15) is 0 Å². The molecule has 0 N–H and O–H groups in total. The minimum atomic E-state index is -0.758. The zero-order chi connectivity index (χ0) is 34.6. The monoisotopic (exact) mass is 712 g/mol. The molecular weight excluding hydrogens is 656 g/mol. The van der Waals surface area contributed by atoms with Crippen LogP contribution < -0.4 is 0 Å². The summed E-state index contributed by atoms with van der Waals surface area (Å²) in [4.78, 5) is 14.1. The lowest BCUT2D eigenvalue weighted by molar-refractivity contribution is -0.292. The molecule has 11 nitrogen and oxygen atoms in total. The van der Waals surface area contributed by atoms with E-state index in [9.17, 15) is 4.79 Å². The van der Waals surface area contributed by atoms with Gasteiger partial charge < -0.3 is 47.4 Å². The highest BCUT2D eigenvalue weighted by Gasteiger charge is 2.68. The molecular formula is C40H56O11. The van der Waals surface area contributed by atoms with Gasteiger partial charge in [-0.3, -0.25) is 4.79 Å². The Labute approximate surface area is 301 Å². The maximum Gasteiger partial charge on any atom is 0.172 e. The Morgan fingerprint density at radius 2 is 1.51 bits per heavy atom. The Balaban J connectivity index is 0.931. The minimum absolute atomic E-state index is 0.0126. The molecule has 0 radical (unpaired) electrons. The number of ether oxygens (including phenoxy) is 10. The molecule has 0 amide bonds. The molecule has 0 aromatic rings. The standard InChI is InChI=1S/C40H56O11/c1-19-11-23-5-7-28-20(2)12-25(44-28)9-10-40-17-33-36(50-40)37-38(49-33)39(51-40)35-29(48-37)8-6-24(46-35)13-22(41)14-27-31(16-30(45-23)21(19)3)47-32(34(27)42-4)15-26-18-43-26/h19,23-39H,2-3,5-18H2,1,4H3/t19-,23+,24-,25+,26+,27+,28+,29+,30-,31+,32-,33-,34-,35+,36+,37+,38-,39+,40+/m1/s1. The molecule has 282 valence electrons. The van der Waals surface area contributed by atoms with Gasteiger partial charge in [-0.15, -0.1) is 0 Å². The Bertz CT molecular complexity index is 1380. The molecule has 11 heteroatoms. The van der Waals surface area contributed by atoms with Crippen LogP contribution in [0.2, 0.25) is 0 Å². The van der Waals surface area contributed by atoms with Crippen molar-refractivity contribution in [1.29, 1.82) is 0 Å². The number of fused-ring (bicyclic) bond motifs is 6. The lowest BCUT2D eigenvalue weighted by atomic mass is 9.81. The summed E-state index contributed by atoms with van der Waals surface area (Å²) in [6.07, 6.45) is 7.65. The minimum Gasteiger partial charge on any atom is -0.378 e. The Hall–Kier alpha value is -1.25. The molecule has 11 saturated heterocycles. The van der Waals surface area contributed by atoms with Gasteiger partial charge in [-0.25, -0.2) is 0 Å². The van der Waals surface area contributed by atoms with Crippen LogP contribution in [-0.2, 0) is 52.2 Å². The first-order chi connectivity index (χ1) is 24.7. The summed E-state index contributed by atoms with van der Waals surface area (Å²) in [5, 5.41) is 0. The Morgan fingerprint density at radius 1 is 0.745 bits per heavy atom. The number of carbonyl (C=O) groups is 1. The zero-order valence-electron chi connectivity index (χ0n) is 30.2. The van der Waals surface area contributed by atoms with Gasteiger partial charge >= 0.3 is 0 Å². The van der Waals surface area contributed by atoms with Gasteiger partial charge in [0, 0.05) is 51.6 Å². The number of ketones is 1. The molecule has 0 unspecified atom stereocenters. The van der Waals surface area contributed by atoms with E-state index in [1.807, 2.05) is 0 Å². The van der Waals surface area contributed by atoms with Crippen molar-refractivity contribution in [3.05, 3.63) is 24.3 Å². The molecule has 51 heavy (non-hydrogen) atoms. The van der Waals surface area contributed by atoms with Crippen LogP contribution in [0, 0.1) is 11.8 Å². The second kappa shape index (κ2) is 13.2. The van der Waals surface area contributed by atoms with Crippen molar-refractivity contribution in [2.45, 2.75) is 194 Å². The van der Waals surface area contributed by atoms with Crippen molar-refractivity contribution < 1.29 is 52.2 Å². The topological polar surface area (TPSA) is 113 Å². The lowest BCUT2D eigenvalue weighted by Gasteiger charge is -2.47. The number of carbonyl (C=O) groups excluding carboxylic acids is 1. The van der Waals surface area contributed by atoms with Crippen LogP contribution in [0.5, 0.6) is 0 Å². The van der Waals surface area contributed by atoms with Crippen LogP contribution >= 0.6 is 0 Å². The van der Waals surface area contributed by atoms with E-state index in [-0.39, 0.29) is 109 Å². The molecule has 11 aliphatic rings. The fourth-order valence-electron chi connectivity index (χ4n) is 11.4. The lowest BCUT2D eigenvalue weighted by Crippen LogP contribution is -2.61. The van der Waals surface area contributed by atoms with E-state index < -0.39 is 5.79 Å². The van der Waals surface area contributed by atoms with Crippen molar-refractivity contribution in [1.82, 2.24) is 0 Å². The smallest absolute Gasteiger partial charge is 0.172 e. The van der Waals surface area contributed by atoms with Crippen LogP contribution in [0.25, 0.3) is 0 Å². The van der Waals surface area contributed by atoms with Crippen LogP contribution in [0.15, 0.2) is 24.3 Å². The van der Waals surface area contributed by atoms with Gasteiger partial charge in [0.25, 0.3) is 0 Å². The highest BCUT2D eigenvalue weighted by molar-refractivity contribution is 5.79. The van der Waals surface area contributed by atoms with Gasteiger partial charge in [0.1, 0.15) is 36.3 Å². The van der Waals surface area contributed by atoms with Crippen molar-refractivity contribution in [3.8, 4) is 0 Å². The summed E-state index contributed by atoms with van der Waals surface area (Å²) in [6, 6.07) is 0. The Morgan fingerprint density at radius 3 is 2.35 bits per heavy atom. The molecule has 0 aromatic carbocycles. The molecule has 1 spiro atoms. The third-order valence-electron chi connectivity index (χ3n) is 14.1. The highest BCUT2D eigenvalue weighted by Crippen LogP contribution is 2.54. The largest absolute Gasteiger partial charge is 0.378 e.